The van der Waals surface area contributed by atoms with Crippen LogP contribution in [0.4, 0.5) is 14.5 Å². The predicted octanol–water partition coefficient (Wildman–Crippen LogP) is 3.80. The van der Waals surface area contributed by atoms with Gasteiger partial charge >= 0.3 is 6.61 Å². The molecule has 1 aliphatic heterocycles. The number of benzene rings is 2. The van der Waals surface area contributed by atoms with E-state index in [1.165, 1.54) is 23.1 Å². The first-order valence-electron chi connectivity index (χ1n) is 10.3. The van der Waals surface area contributed by atoms with Crippen LogP contribution in [-0.4, -0.2) is 56.7 Å². The van der Waals surface area contributed by atoms with Crippen molar-refractivity contribution in [2.45, 2.75) is 19.5 Å². The molecule has 0 bridgehead atoms. The molecule has 2 amide bonds. The Kier molecular flexibility index (Phi) is 8.38. The molecule has 0 aromatic heterocycles. The molecule has 3 rings (SSSR count). The van der Waals surface area contributed by atoms with Gasteiger partial charge in [0.25, 0.3) is 5.91 Å². The van der Waals surface area contributed by atoms with E-state index in [-0.39, 0.29) is 23.8 Å². The third kappa shape index (κ3) is 6.40. The second-order valence-electron chi connectivity index (χ2n) is 7.32. The normalized spacial score (nSPS) is 16.0. The number of rotatable bonds is 9. The summed E-state index contributed by atoms with van der Waals surface area (Å²) in [7, 11) is 1.60. The standard InChI is InChI=1S/C23H26F2N2O5/c1-30-13-14-31-18-10-8-17(9-11-18)26-21(28)16-5-4-12-27(15-16)22(29)19-6-2-3-7-20(19)32-23(24)25/h2-3,6-11,16,23H,4-5,12-15H2,1H3,(H,26,28). The lowest BCUT2D eigenvalue weighted by Gasteiger charge is -2.32. The van der Waals surface area contributed by atoms with E-state index in [2.05, 4.69) is 10.1 Å². The maximum absolute atomic E-state index is 12.9. The molecule has 0 spiro atoms. The summed E-state index contributed by atoms with van der Waals surface area (Å²) in [5.74, 6) is -0.552. The summed E-state index contributed by atoms with van der Waals surface area (Å²) >= 11 is 0. The topological polar surface area (TPSA) is 77.1 Å². The van der Waals surface area contributed by atoms with E-state index < -0.39 is 18.4 Å². The average molecular weight is 448 g/mol. The van der Waals surface area contributed by atoms with E-state index in [4.69, 9.17) is 9.47 Å². The van der Waals surface area contributed by atoms with E-state index >= 15 is 0 Å². The van der Waals surface area contributed by atoms with Crippen molar-refractivity contribution in [3.05, 3.63) is 54.1 Å². The number of nitrogens with zero attached hydrogens (tertiary/aromatic N) is 1. The number of likely N-dealkylation sites (tertiary alicyclic amines) is 1. The van der Waals surface area contributed by atoms with Crippen LogP contribution in [0.1, 0.15) is 23.2 Å². The zero-order chi connectivity index (χ0) is 22.9. The highest BCUT2D eigenvalue weighted by Gasteiger charge is 2.30. The van der Waals surface area contributed by atoms with Gasteiger partial charge < -0.3 is 24.4 Å². The van der Waals surface area contributed by atoms with Crippen LogP contribution in [0.2, 0.25) is 0 Å². The molecule has 2 aromatic carbocycles. The third-order valence-corrected chi connectivity index (χ3v) is 5.09. The quantitative estimate of drug-likeness (QED) is 0.591. The van der Waals surface area contributed by atoms with Crippen molar-refractivity contribution >= 4 is 17.5 Å². The van der Waals surface area contributed by atoms with E-state index in [9.17, 15) is 18.4 Å². The Morgan fingerprint density at radius 2 is 1.88 bits per heavy atom. The van der Waals surface area contributed by atoms with Crippen molar-refractivity contribution in [3.63, 3.8) is 0 Å². The van der Waals surface area contributed by atoms with Gasteiger partial charge in [-0.05, 0) is 49.2 Å². The minimum atomic E-state index is -3.03. The monoisotopic (exact) mass is 448 g/mol. The predicted molar refractivity (Wildman–Crippen MR) is 114 cm³/mol. The van der Waals surface area contributed by atoms with Crippen LogP contribution >= 0.6 is 0 Å². The van der Waals surface area contributed by atoms with Crippen molar-refractivity contribution in [2.24, 2.45) is 5.92 Å². The second kappa shape index (κ2) is 11.4. The molecule has 0 aliphatic carbocycles. The average Bonchev–Trinajstić information content (AvgIpc) is 2.80. The number of carbonyl (C=O) groups is 2. The Balaban J connectivity index is 1.60. The highest BCUT2D eigenvalue weighted by Crippen LogP contribution is 2.26. The molecule has 0 radical (unpaired) electrons. The minimum absolute atomic E-state index is 0.0536. The minimum Gasteiger partial charge on any atom is -0.491 e. The fraction of sp³-hybridized carbons (Fsp3) is 0.391. The van der Waals surface area contributed by atoms with Gasteiger partial charge in [-0.3, -0.25) is 9.59 Å². The Hall–Kier alpha value is -3.20. The van der Waals surface area contributed by atoms with Gasteiger partial charge in [0.2, 0.25) is 5.91 Å². The molecule has 1 unspecified atom stereocenters. The van der Waals surface area contributed by atoms with Crippen LogP contribution in [0.5, 0.6) is 11.5 Å². The van der Waals surface area contributed by atoms with E-state index in [1.54, 1.807) is 37.4 Å². The van der Waals surface area contributed by atoms with Gasteiger partial charge in [0.15, 0.2) is 0 Å². The fourth-order valence-corrected chi connectivity index (χ4v) is 3.51. The number of amides is 2. The zero-order valence-corrected chi connectivity index (χ0v) is 17.8. The summed E-state index contributed by atoms with van der Waals surface area (Å²) in [4.78, 5) is 27.2. The van der Waals surface area contributed by atoms with Crippen molar-refractivity contribution in [1.29, 1.82) is 0 Å². The molecule has 9 heteroatoms. The van der Waals surface area contributed by atoms with Crippen molar-refractivity contribution in [2.75, 3.05) is 38.7 Å². The number of halogens is 2. The maximum atomic E-state index is 12.9. The first-order chi connectivity index (χ1) is 15.5. The lowest BCUT2D eigenvalue weighted by molar-refractivity contribution is -0.121. The van der Waals surface area contributed by atoms with Gasteiger partial charge in [-0.1, -0.05) is 12.1 Å². The van der Waals surface area contributed by atoms with E-state index in [0.717, 1.165) is 0 Å². The fourth-order valence-electron chi connectivity index (χ4n) is 3.51. The third-order valence-electron chi connectivity index (χ3n) is 5.09. The van der Waals surface area contributed by atoms with Crippen molar-refractivity contribution < 1.29 is 32.6 Å². The Morgan fingerprint density at radius 3 is 2.59 bits per heavy atom. The number of methoxy groups -OCH3 is 1. The highest BCUT2D eigenvalue weighted by atomic mass is 19.3. The van der Waals surface area contributed by atoms with Gasteiger partial charge in [-0.2, -0.15) is 8.78 Å². The van der Waals surface area contributed by atoms with Crippen molar-refractivity contribution in [3.8, 4) is 11.5 Å². The van der Waals surface area contributed by atoms with Crippen LogP contribution in [0, 0.1) is 5.92 Å². The maximum Gasteiger partial charge on any atom is 0.387 e. The lowest BCUT2D eigenvalue weighted by Crippen LogP contribution is -2.43. The smallest absolute Gasteiger partial charge is 0.387 e. The van der Waals surface area contributed by atoms with Crippen LogP contribution in [0.15, 0.2) is 48.5 Å². The molecule has 0 saturated carbocycles. The highest BCUT2D eigenvalue weighted by molar-refractivity contribution is 5.98. The zero-order valence-electron chi connectivity index (χ0n) is 17.8. The summed E-state index contributed by atoms with van der Waals surface area (Å²) in [6, 6.07) is 12.9. The molecule has 7 nitrogen and oxygen atoms in total. The van der Waals surface area contributed by atoms with Gasteiger partial charge in [0, 0.05) is 25.9 Å². The Bertz CT molecular complexity index is 908. The molecular formula is C23H26F2N2O5. The summed E-state index contributed by atoms with van der Waals surface area (Å²) in [6.45, 7) is -1.47. The number of alkyl halides is 2. The Labute approximate surface area is 185 Å². The number of piperidine rings is 1. The van der Waals surface area contributed by atoms with E-state index in [0.29, 0.717) is 44.0 Å². The number of ether oxygens (including phenoxy) is 3. The van der Waals surface area contributed by atoms with Gasteiger partial charge in [0.05, 0.1) is 18.1 Å². The van der Waals surface area contributed by atoms with E-state index in [1.807, 2.05) is 0 Å². The molecular weight excluding hydrogens is 422 g/mol. The number of anilines is 1. The molecule has 172 valence electrons. The van der Waals surface area contributed by atoms with Gasteiger partial charge in [-0.15, -0.1) is 0 Å². The molecule has 32 heavy (non-hydrogen) atoms. The van der Waals surface area contributed by atoms with Crippen LogP contribution in [0.25, 0.3) is 0 Å². The molecule has 2 aromatic rings. The molecule has 1 N–H and O–H groups in total. The summed E-state index contributed by atoms with van der Waals surface area (Å²) in [5.41, 5.74) is 0.672. The van der Waals surface area contributed by atoms with Crippen LogP contribution < -0.4 is 14.8 Å². The number of carbonyl (C=O) groups excluding carboxylic acids is 2. The van der Waals surface area contributed by atoms with Gasteiger partial charge in [-0.25, -0.2) is 0 Å². The summed E-state index contributed by atoms with van der Waals surface area (Å²) in [5, 5.41) is 2.86. The lowest BCUT2D eigenvalue weighted by atomic mass is 9.96. The summed E-state index contributed by atoms with van der Waals surface area (Å²) < 4.78 is 40.2. The largest absolute Gasteiger partial charge is 0.491 e. The first kappa shape index (κ1) is 23.5. The molecule has 1 fully saturated rings. The Morgan fingerprint density at radius 1 is 1.12 bits per heavy atom. The summed E-state index contributed by atoms with van der Waals surface area (Å²) in [6.07, 6.45) is 1.26. The molecule has 1 atom stereocenters. The SMILES string of the molecule is COCCOc1ccc(NC(=O)C2CCCN(C(=O)c3ccccc3OC(F)F)C2)cc1. The number of hydrogen-bond donors (Lipinski definition) is 1. The number of hydrogen-bond acceptors (Lipinski definition) is 5. The second-order valence-corrected chi connectivity index (χ2v) is 7.32. The van der Waals surface area contributed by atoms with Crippen molar-refractivity contribution in [1.82, 2.24) is 4.90 Å². The van der Waals surface area contributed by atoms with Crippen LogP contribution in [0.3, 0.4) is 0 Å². The molecule has 1 aliphatic rings. The van der Waals surface area contributed by atoms with Crippen LogP contribution in [-0.2, 0) is 9.53 Å². The molecule has 1 saturated heterocycles. The number of para-hydroxylation sites is 1. The first-order valence-corrected chi connectivity index (χ1v) is 10.3. The van der Waals surface area contributed by atoms with Gasteiger partial charge in [0.1, 0.15) is 18.1 Å². The molecule has 1 heterocycles. The number of nitrogens with one attached hydrogen (secondary N) is 1.